The minimum Gasteiger partial charge on any atom is -0.506 e. The van der Waals surface area contributed by atoms with Crippen molar-refractivity contribution < 1.29 is 5.11 Å². The van der Waals surface area contributed by atoms with Crippen LogP contribution in [0.25, 0.3) is 0 Å². The summed E-state index contributed by atoms with van der Waals surface area (Å²) >= 11 is 6.73. The molecule has 1 aromatic rings. The molecule has 0 saturated heterocycles. The molecular weight excluding hydrogens is 322 g/mol. The number of benzene rings is 1. The fraction of sp³-hybridized carbons (Fsp3) is 0.455. The molecule has 1 saturated carbocycles. The number of halogens is 2. The van der Waals surface area contributed by atoms with Gasteiger partial charge in [-0.1, -0.05) is 22.4 Å². The van der Waals surface area contributed by atoms with Crippen LogP contribution in [-0.4, -0.2) is 5.11 Å². The first kappa shape index (κ1) is 11.4. The maximum Gasteiger partial charge on any atom is 0.134 e. The maximum absolute atomic E-state index is 9.91. The van der Waals surface area contributed by atoms with Crippen LogP contribution < -0.4 is 5.73 Å². The van der Waals surface area contributed by atoms with Gasteiger partial charge < -0.3 is 10.8 Å². The van der Waals surface area contributed by atoms with Crippen LogP contribution in [0.15, 0.2) is 21.1 Å². The van der Waals surface area contributed by atoms with Gasteiger partial charge in [-0.2, -0.15) is 0 Å². The van der Waals surface area contributed by atoms with Gasteiger partial charge in [-0.15, -0.1) is 0 Å². The highest BCUT2D eigenvalue weighted by Crippen LogP contribution is 2.42. The number of hydrogen-bond donors (Lipinski definition) is 2. The zero-order valence-corrected chi connectivity index (χ0v) is 11.4. The molecule has 0 bridgehead atoms. The fourth-order valence-corrected chi connectivity index (χ4v) is 3.15. The Bertz CT molecular complexity index is 377. The zero-order valence-electron chi connectivity index (χ0n) is 8.21. The van der Waals surface area contributed by atoms with Gasteiger partial charge in [0.15, 0.2) is 0 Å². The number of rotatable bonds is 2. The van der Waals surface area contributed by atoms with Crippen molar-refractivity contribution in [1.82, 2.24) is 0 Å². The first-order chi connectivity index (χ1) is 7.09. The summed E-state index contributed by atoms with van der Waals surface area (Å²) in [5.74, 6) is 0.801. The molecular formula is C11H13Br2NO. The van der Waals surface area contributed by atoms with E-state index in [-0.39, 0.29) is 11.8 Å². The van der Waals surface area contributed by atoms with Crippen molar-refractivity contribution in [2.45, 2.75) is 25.3 Å². The molecule has 1 fully saturated rings. The Balaban J connectivity index is 2.33. The number of phenols is 1. The van der Waals surface area contributed by atoms with Crippen LogP contribution in [0.2, 0.25) is 0 Å². The molecule has 2 nitrogen and oxygen atoms in total. The lowest BCUT2D eigenvalue weighted by Crippen LogP contribution is -2.26. The van der Waals surface area contributed by atoms with Crippen LogP contribution in [0.5, 0.6) is 5.75 Å². The van der Waals surface area contributed by atoms with Crippen LogP contribution in [0, 0.1) is 5.92 Å². The summed E-state index contributed by atoms with van der Waals surface area (Å²) in [6, 6.07) is 3.68. The van der Waals surface area contributed by atoms with Crippen LogP contribution in [0.1, 0.15) is 30.9 Å². The minimum atomic E-state index is -0.0486. The molecule has 4 heteroatoms. The normalized spacial score (nSPS) is 18.6. The topological polar surface area (TPSA) is 46.2 Å². The van der Waals surface area contributed by atoms with Gasteiger partial charge >= 0.3 is 0 Å². The molecule has 0 amide bonds. The second kappa shape index (κ2) is 4.44. The van der Waals surface area contributed by atoms with E-state index in [9.17, 15) is 5.11 Å². The molecule has 2 rings (SSSR count). The van der Waals surface area contributed by atoms with E-state index in [1.54, 1.807) is 0 Å². The van der Waals surface area contributed by atoms with E-state index in [1.807, 2.05) is 12.1 Å². The van der Waals surface area contributed by atoms with Crippen molar-refractivity contribution >= 4 is 31.9 Å². The third-order valence-corrected chi connectivity index (χ3v) is 4.14. The Morgan fingerprint density at radius 2 is 2.00 bits per heavy atom. The molecule has 15 heavy (non-hydrogen) atoms. The van der Waals surface area contributed by atoms with Gasteiger partial charge in [0.25, 0.3) is 0 Å². The highest BCUT2D eigenvalue weighted by Gasteiger charge is 2.27. The predicted octanol–water partition coefficient (Wildman–Crippen LogP) is 3.72. The Morgan fingerprint density at radius 3 is 2.53 bits per heavy atom. The molecule has 0 aromatic heterocycles. The van der Waals surface area contributed by atoms with Crippen molar-refractivity contribution in [2.24, 2.45) is 11.7 Å². The third-order valence-electron chi connectivity index (χ3n) is 3.07. The maximum atomic E-state index is 9.91. The third kappa shape index (κ3) is 2.22. The van der Waals surface area contributed by atoms with E-state index in [0.29, 0.717) is 10.4 Å². The lowest BCUT2D eigenvalue weighted by Gasteiger charge is -2.32. The summed E-state index contributed by atoms with van der Waals surface area (Å²) in [7, 11) is 0. The van der Waals surface area contributed by atoms with Crippen molar-refractivity contribution in [3.8, 4) is 5.75 Å². The minimum absolute atomic E-state index is 0.0486. The van der Waals surface area contributed by atoms with Crippen LogP contribution in [-0.2, 0) is 0 Å². The van der Waals surface area contributed by atoms with Crippen LogP contribution in [0.3, 0.4) is 0 Å². The molecule has 1 aromatic carbocycles. The van der Waals surface area contributed by atoms with Crippen molar-refractivity contribution in [1.29, 1.82) is 0 Å². The first-order valence-corrected chi connectivity index (χ1v) is 6.61. The molecule has 0 heterocycles. The monoisotopic (exact) mass is 333 g/mol. The van der Waals surface area contributed by atoms with Crippen molar-refractivity contribution in [3.05, 3.63) is 26.6 Å². The molecule has 1 aliphatic carbocycles. The van der Waals surface area contributed by atoms with Gasteiger partial charge in [-0.3, -0.25) is 0 Å². The van der Waals surface area contributed by atoms with Gasteiger partial charge in [-0.05, 0) is 46.8 Å². The smallest absolute Gasteiger partial charge is 0.134 e. The summed E-state index contributed by atoms with van der Waals surface area (Å²) in [4.78, 5) is 0. The average molecular weight is 335 g/mol. The molecule has 3 N–H and O–H groups in total. The van der Waals surface area contributed by atoms with E-state index in [0.717, 1.165) is 10.0 Å². The fourth-order valence-electron chi connectivity index (χ4n) is 1.89. The van der Waals surface area contributed by atoms with Crippen LogP contribution in [0.4, 0.5) is 0 Å². The second-order valence-corrected chi connectivity index (χ2v) is 5.81. The molecule has 82 valence electrons. The van der Waals surface area contributed by atoms with Crippen molar-refractivity contribution in [2.75, 3.05) is 0 Å². The van der Waals surface area contributed by atoms with E-state index < -0.39 is 0 Å². The number of phenolic OH excluding ortho intramolecular Hbond substituents is 1. The van der Waals surface area contributed by atoms with Gasteiger partial charge in [0.2, 0.25) is 0 Å². The highest BCUT2D eigenvalue weighted by atomic mass is 79.9. The Kier molecular flexibility index (Phi) is 3.38. The van der Waals surface area contributed by atoms with Gasteiger partial charge in [-0.25, -0.2) is 0 Å². The van der Waals surface area contributed by atoms with Gasteiger partial charge in [0.05, 0.1) is 4.47 Å². The van der Waals surface area contributed by atoms with Gasteiger partial charge in [0.1, 0.15) is 5.75 Å². The second-order valence-electron chi connectivity index (χ2n) is 4.04. The average Bonchev–Trinajstić information content (AvgIpc) is 2.08. The zero-order chi connectivity index (χ0) is 11.0. The molecule has 0 unspecified atom stereocenters. The summed E-state index contributed by atoms with van der Waals surface area (Å²) in [6.45, 7) is 0. The number of nitrogens with two attached hydrogens (primary N) is 1. The SMILES string of the molecule is N[C@H](c1cc(Br)cc(Br)c1O)C1CCC1. The van der Waals surface area contributed by atoms with E-state index in [2.05, 4.69) is 31.9 Å². The summed E-state index contributed by atoms with van der Waals surface area (Å²) in [5, 5.41) is 9.91. The standard InChI is InChI=1S/C11H13Br2NO/c12-7-4-8(11(15)9(13)5-7)10(14)6-2-1-3-6/h4-6,10,15H,1-3,14H2/t10-/m0/s1. The molecule has 0 spiro atoms. The summed E-state index contributed by atoms with van der Waals surface area (Å²) in [5.41, 5.74) is 6.97. The molecule has 1 aliphatic rings. The quantitative estimate of drug-likeness (QED) is 0.865. The lowest BCUT2D eigenvalue weighted by molar-refractivity contribution is 0.260. The van der Waals surface area contributed by atoms with E-state index in [1.165, 1.54) is 19.3 Å². The molecule has 1 atom stereocenters. The lowest BCUT2D eigenvalue weighted by atomic mass is 9.77. The Labute approximate surface area is 106 Å². The first-order valence-electron chi connectivity index (χ1n) is 5.03. The number of aromatic hydroxyl groups is 1. The summed E-state index contributed by atoms with van der Waals surface area (Å²) in [6.07, 6.45) is 3.60. The Hall–Kier alpha value is -0.0600. The van der Waals surface area contributed by atoms with Gasteiger partial charge in [0, 0.05) is 16.1 Å². The molecule has 0 aliphatic heterocycles. The highest BCUT2D eigenvalue weighted by molar-refractivity contribution is 9.11. The van der Waals surface area contributed by atoms with Crippen LogP contribution >= 0.6 is 31.9 Å². The summed E-state index contributed by atoms with van der Waals surface area (Å²) < 4.78 is 1.64. The Morgan fingerprint density at radius 1 is 1.33 bits per heavy atom. The van der Waals surface area contributed by atoms with Crippen molar-refractivity contribution in [3.63, 3.8) is 0 Å². The predicted molar refractivity (Wildman–Crippen MR) is 67.8 cm³/mol. The largest absolute Gasteiger partial charge is 0.506 e. The van der Waals surface area contributed by atoms with E-state index >= 15 is 0 Å². The number of hydrogen-bond acceptors (Lipinski definition) is 2. The van der Waals surface area contributed by atoms with E-state index in [4.69, 9.17) is 5.73 Å². The molecule has 0 radical (unpaired) electrons.